The molecule has 0 fully saturated rings. The molecule has 0 radical (unpaired) electrons. The summed E-state index contributed by atoms with van der Waals surface area (Å²) in [5, 5.41) is 2.76. The van der Waals surface area contributed by atoms with E-state index < -0.39 is 12.3 Å². The third kappa shape index (κ3) is 4.03. The molecule has 0 saturated heterocycles. The number of benzene rings is 2. The molecule has 0 aliphatic carbocycles. The second-order valence-corrected chi connectivity index (χ2v) is 6.09. The summed E-state index contributed by atoms with van der Waals surface area (Å²) in [5.41, 5.74) is 2.58. The highest BCUT2D eigenvalue weighted by Gasteiger charge is 2.31. The summed E-state index contributed by atoms with van der Waals surface area (Å²) in [6.45, 7) is 2.04. The van der Waals surface area contributed by atoms with Crippen molar-refractivity contribution in [3.05, 3.63) is 53.3 Å². The minimum atomic E-state index is -4.78. The van der Waals surface area contributed by atoms with Crippen LogP contribution in [-0.2, 0) is 13.6 Å². The summed E-state index contributed by atoms with van der Waals surface area (Å²) in [4.78, 5) is 16.9. The largest absolute Gasteiger partial charge is 0.573 e. The fourth-order valence-corrected chi connectivity index (χ4v) is 2.92. The standard InChI is InChI=1S/C19H18F3N3O3/c1-11-24-15-8-9-16(27-3)14(17(15)25(11)2)10-23-18(26)12-4-6-13(7-5-12)28-19(20,21)22/h4-9H,10H2,1-3H3,(H,23,26). The summed E-state index contributed by atoms with van der Waals surface area (Å²) in [6.07, 6.45) is -4.78. The number of carbonyl (C=O) groups excluding carboxylic acids is 1. The number of nitrogens with zero attached hydrogens (tertiary/aromatic N) is 2. The van der Waals surface area contributed by atoms with Gasteiger partial charge in [0.2, 0.25) is 0 Å². The molecule has 1 heterocycles. The van der Waals surface area contributed by atoms with Crippen LogP contribution in [0.3, 0.4) is 0 Å². The molecule has 3 rings (SSSR count). The second-order valence-electron chi connectivity index (χ2n) is 6.09. The van der Waals surface area contributed by atoms with Gasteiger partial charge < -0.3 is 19.4 Å². The number of hydrogen-bond acceptors (Lipinski definition) is 4. The number of aromatic nitrogens is 2. The molecule has 2 aromatic carbocycles. The van der Waals surface area contributed by atoms with E-state index in [-0.39, 0.29) is 17.9 Å². The third-order valence-electron chi connectivity index (χ3n) is 4.32. The van der Waals surface area contributed by atoms with E-state index in [4.69, 9.17) is 4.74 Å². The van der Waals surface area contributed by atoms with Gasteiger partial charge in [0.15, 0.2) is 0 Å². The zero-order valence-corrected chi connectivity index (χ0v) is 15.4. The van der Waals surface area contributed by atoms with E-state index in [1.807, 2.05) is 24.6 Å². The summed E-state index contributed by atoms with van der Waals surface area (Å²) in [5.74, 6) is 0.596. The molecule has 1 aromatic heterocycles. The highest BCUT2D eigenvalue weighted by atomic mass is 19.4. The summed E-state index contributed by atoms with van der Waals surface area (Å²) < 4.78 is 47.8. The highest BCUT2D eigenvalue weighted by molar-refractivity contribution is 5.94. The molecule has 0 saturated carbocycles. The smallest absolute Gasteiger partial charge is 0.496 e. The number of imidazole rings is 1. The van der Waals surface area contributed by atoms with E-state index in [0.29, 0.717) is 5.75 Å². The normalized spacial score (nSPS) is 11.5. The van der Waals surface area contributed by atoms with Gasteiger partial charge in [0, 0.05) is 24.7 Å². The molecule has 1 N–H and O–H groups in total. The third-order valence-corrected chi connectivity index (χ3v) is 4.32. The number of amides is 1. The molecule has 9 heteroatoms. The number of methoxy groups -OCH3 is 1. The molecule has 1 amide bonds. The van der Waals surface area contributed by atoms with Crippen molar-refractivity contribution in [1.82, 2.24) is 14.9 Å². The number of carbonyl (C=O) groups is 1. The number of ether oxygens (including phenoxy) is 2. The second kappa shape index (κ2) is 7.41. The molecule has 148 valence electrons. The Balaban J connectivity index is 1.79. The van der Waals surface area contributed by atoms with Crippen molar-refractivity contribution in [3.63, 3.8) is 0 Å². The number of fused-ring (bicyclic) bond motifs is 1. The first-order chi connectivity index (χ1) is 13.2. The van der Waals surface area contributed by atoms with Crippen molar-refractivity contribution in [3.8, 4) is 11.5 Å². The van der Waals surface area contributed by atoms with Crippen LogP contribution in [0.25, 0.3) is 11.0 Å². The van der Waals surface area contributed by atoms with Gasteiger partial charge in [0.05, 0.1) is 18.1 Å². The Morgan fingerprint density at radius 3 is 2.46 bits per heavy atom. The Labute approximate surface area is 158 Å². The maximum Gasteiger partial charge on any atom is 0.573 e. The SMILES string of the molecule is COc1ccc2nc(C)n(C)c2c1CNC(=O)c1ccc(OC(F)(F)F)cc1. The Bertz CT molecular complexity index is 1010. The monoisotopic (exact) mass is 393 g/mol. The van der Waals surface area contributed by atoms with E-state index in [1.165, 1.54) is 19.2 Å². The molecule has 0 atom stereocenters. The Morgan fingerprint density at radius 1 is 1.18 bits per heavy atom. The van der Waals surface area contributed by atoms with Crippen LogP contribution in [-0.4, -0.2) is 28.9 Å². The summed E-state index contributed by atoms with van der Waals surface area (Å²) >= 11 is 0. The van der Waals surface area contributed by atoms with Crippen molar-refractivity contribution in [2.45, 2.75) is 19.8 Å². The quantitative estimate of drug-likeness (QED) is 0.718. The summed E-state index contributed by atoms with van der Waals surface area (Å²) in [7, 11) is 3.41. The van der Waals surface area contributed by atoms with E-state index in [0.717, 1.165) is 34.6 Å². The molecule has 0 aliphatic heterocycles. The molecule has 28 heavy (non-hydrogen) atoms. The maximum absolute atomic E-state index is 12.4. The van der Waals surface area contributed by atoms with E-state index in [2.05, 4.69) is 15.0 Å². The minimum Gasteiger partial charge on any atom is -0.496 e. The lowest BCUT2D eigenvalue weighted by atomic mass is 10.1. The van der Waals surface area contributed by atoms with E-state index in [9.17, 15) is 18.0 Å². The van der Waals surface area contributed by atoms with Crippen molar-refractivity contribution in [2.24, 2.45) is 7.05 Å². The van der Waals surface area contributed by atoms with Crippen LogP contribution in [0, 0.1) is 6.92 Å². The number of alkyl halides is 3. The molecule has 0 bridgehead atoms. The number of rotatable bonds is 5. The number of aryl methyl sites for hydroxylation is 2. The van der Waals surface area contributed by atoms with E-state index in [1.54, 1.807) is 6.07 Å². The molecular weight excluding hydrogens is 375 g/mol. The summed E-state index contributed by atoms with van der Waals surface area (Å²) in [6, 6.07) is 8.33. The van der Waals surface area contributed by atoms with Gasteiger partial charge in [0.25, 0.3) is 5.91 Å². The minimum absolute atomic E-state index is 0.166. The van der Waals surface area contributed by atoms with Crippen LogP contribution < -0.4 is 14.8 Å². The van der Waals surface area contributed by atoms with Gasteiger partial charge >= 0.3 is 6.36 Å². The zero-order chi connectivity index (χ0) is 20.5. The van der Waals surface area contributed by atoms with Crippen molar-refractivity contribution in [2.75, 3.05) is 7.11 Å². The molecule has 0 unspecified atom stereocenters. The van der Waals surface area contributed by atoms with E-state index >= 15 is 0 Å². The van der Waals surface area contributed by atoms with Crippen LogP contribution in [0.1, 0.15) is 21.7 Å². The number of halogens is 3. The van der Waals surface area contributed by atoms with Crippen molar-refractivity contribution < 1.29 is 27.4 Å². The molecule has 0 spiro atoms. The number of hydrogen-bond donors (Lipinski definition) is 1. The van der Waals surface area contributed by atoms with Gasteiger partial charge in [0.1, 0.15) is 17.3 Å². The predicted molar refractivity (Wildman–Crippen MR) is 96.3 cm³/mol. The Kier molecular flexibility index (Phi) is 5.17. The molecule has 0 aliphatic rings. The van der Waals surface area contributed by atoms with Gasteiger partial charge in [-0.1, -0.05) is 0 Å². The van der Waals surface area contributed by atoms with Crippen LogP contribution in [0.5, 0.6) is 11.5 Å². The van der Waals surface area contributed by atoms with Crippen LogP contribution >= 0.6 is 0 Å². The fraction of sp³-hybridized carbons (Fsp3) is 0.263. The van der Waals surface area contributed by atoms with Gasteiger partial charge in [-0.05, 0) is 43.3 Å². The molecule has 6 nitrogen and oxygen atoms in total. The first-order valence-corrected chi connectivity index (χ1v) is 8.32. The molecular formula is C19H18F3N3O3. The average Bonchev–Trinajstić information content (AvgIpc) is 2.93. The van der Waals surface area contributed by atoms with Crippen LogP contribution in [0.4, 0.5) is 13.2 Å². The van der Waals surface area contributed by atoms with Crippen molar-refractivity contribution in [1.29, 1.82) is 0 Å². The first kappa shape index (κ1) is 19.5. The van der Waals surface area contributed by atoms with Gasteiger partial charge in [-0.2, -0.15) is 0 Å². The van der Waals surface area contributed by atoms with Gasteiger partial charge in [-0.15, -0.1) is 13.2 Å². The zero-order valence-electron chi connectivity index (χ0n) is 15.4. The lowest BCUT2D eigenvalue weighted by Crippen LogP contribution is -2.23. The fourth-order valence-electron chi connectivity index (χ4n) is 2.92. The topological polar surface area (TPSA) is 65.4 Å². The van der Waals surface area contributed by atoms with Crippen LogP contribution in [0.15, 0.2) is 36.4 Å². The Hall–Kier alpha value is -3.23. The Morgan fingerprint density at radius 2 is 1.86 bits per heavy atom. The van der Waals surface area contributed by atoms with Crippen molar-refractivity contribution >= 4 is 16.9 Å². The lowest BCUT2D eigenvalue weighted by Gasteiger charge is -2.13. The highest BCUT2D eigenvalue weighted by Crippen LogP contribution is 2.28. The maximum atomic E-state index is 12.4. The first-order valence-electron chi connectivity index (χ1n) is 8.32. The lowest BCUT2D eigenvalue weighted by molar-refractivity contribution is -0.274. The molecule has 3 aromatic rings. The predicted octanol–water partition coefficient (Wildman–Crippen LogP) is 3.72. The van der Waals surface area contributed by atoms with Gasteiger partial charge in [-0.3, -0.25) is 4.79 Å². The number of nitrogens with one attached hydrogen (secondary N) is 1. The van der Waals surface area contributed by atoms with Gasteiger partial charge in [-0.25, -0.2) is 4.98 Å². The van der Waals surface area contributed by atoms with Crippen LogP contribution in [0.2, 0.25) is 0 Å². The average molecular weight is 393 g/mol.